The van der Waals surface area contributed by atoms with Crippen molar-refractivity contribution in [3.8, 4) is 5.75 Å². The molecule has 0 unspecified atom stereocenters. The second-order valence-corrected chi connectivity index (χ2v) is 6.28. The maximum absolute atomic E-state index is 12.8. The van der Waals surface area contributed by atoms with E-state index in [9.17, 15) is 9.59 Å². The SMILES string of the molecule is COc1ccccc1C(=O)OCC(=O)N(Cc1ccco1)C1=CCCCC1. The molecule has 6 nitrogen and oxygen atoms in total. The molecule has 1 aliphatic rings. The third kappa shape index (κ3) is 4.78. The van der Waals surface area contributed by atoms with Crippen molar-refractivity contribution >= 4 is 11.9 Å². The quantitative estimate of drug-likeness (QED) is 0.692. The molecule has 142 valence electrons. The van der Waals surface area contributed by atoms with Gasteiger partial charge in [-0.05, 0) is 49.9 Å². The van der Waals surface area contributed by atoms with Gasteiger partial charge in [0.1, 0.15) is 17.1 Å². The van der Waals surface area contributed by atoms with E-state index >= 15 is 0 Å². The fourth-order valence-corrected chi connectivity index (χ4v) is 3.07. The topological polar surface area (TPSA) is 69.0 Å². The number of hydrogen-bond acceptors (Lipinski definition) is 5. The highest BCUT2D eigenvalue weighted by atomic mass is 16.5. The summed E-state index contributed by atoms with van der Waals surface area (Å²) in [5.74, 6) is 0.238. The van der Waals surface area contributed by atoms with Crippen molar-refractivity contribution in [1.29, 1.82) is 0 Å². The molecule has 0 bridgehead atoms. The lowest BCUT2D eigenvalue weighted by atomic mass is 10.0. The number of allylic oxidation sites excluding steroid dienone is 2. The number of methoxy groups -OCH3 is 1. The Balaban J connectivity index is 1.68. The predicted molar refractivity (Wildman–Crippen MR) is 99.1 cm³/mol. The van der Waals surface area contributed by atoms with Crippen LogP contribution in [0.15, 0.2) is 58.9 Å². The van der Waals surface area contributed by atoms with Crippen molar-refractivity contribution < 1.29 is 23.5 Å². The molecular weight excluding hydrogens is 346 g/mol. The monoisotopic (exact) mass is 369 g/mol. The molecule has 0 spiro atoms. The summed E-state index contributed by atoms with van der Waals surface area (Å²) in [6.07, 6.45) is 7.58. The van der Waals surface area contributed by atoms with E-state index in [2.05, 4.69) is 6.08 Å². The summed E-state index contributed by atoms with van der Waals surface area (Å²) in [7, 11) is 1.48. The molecule has 27 heavy (non-hydrogen) atoms. The maximum Gasteiger partial charge on any atom is 0.342 e. The van der Waals surface area contributed by atoms with Gasteiger partial charge < -0.3 is 18.8 Å². The van der Waals surface area contributed by atoms with E-state index in [1.165, 1.54) is 7.11 Å². The highest BCUT2D eigenvalue weighted by Crippen LogP contribution is 2.24. The van der Waals surface area contributed by atoms with Gasteiger partial charge in [-0.2, -0.15) is 0 Å². The zero-order chi connectivity index (χ0) is 19.1. The van der Waals surface area contributed by atoms with Crippen LogP contribution in [0.2, 0.25) is 0 Å². The number of para-hydroxylation sites is 1. The van der Waals surface area contributed by atoms with Gasteiger partial charge in [-0.25, -0.2) is 4.79 Å². The minimum Gasteiger partial charge on any atom is -0.496 e. The van der Waals surface area contributed by atoms with E-state index in [1.807, 2.05) is 6.07 Å². The second kappa shape index (κ2) is 9.07. The van der Waals surface area contributed by atoms with Crippen molar-refractivity contribution in [3.05, 3.63) is 65.8 Å². The number of esters is 1. The van der Waals surface area contributed by atoms with E-state index in [4.69, 9.17) is 13.9 Å². The summed E-state index contributed by atoms with van der Waals surface area (Å²) in [6, 6.07) is 10.4. The first-order valence-corrected chi connectivity index (χ1v) is 9.01. The fraction of sp³-hybridized carbons (Fsp3) is 0.333. The molecule has 0 radical (unpaired) electrons. The van der Waals surface area contributed by atoms with E-state index in [0.29, 0.717) is 23.6 Å². The molecule has 1 aromatic carbocycles. The van der Waals surface area contributed by atoms with Crippen LogP contribution in [-0.2, 0) is 16.1 Å². The number of amides is 1. The van der Waals surface area contributed by atoms with E-state index < -0.39 is 5.97 Å². The van der Waals surface area contributed by atoms with Crippen LogP contribution in [0.3, 0.4) is 0 Å². The summed E-state index contributed by atoms with van der Waals surface area (Å²) < 4.78 is 15.8. The molecule has 1 heterocycles. The third-order valence-corrected chi connectivity index (χ3v) is 4.46. The van der Waals surface area contributed by atoms with Crippen LogP contribution >= 0.6 is 0 Å². The Bertz CT molecular complexity index is 810. The minimum atomic E-state index is -0.587. The number of rotatable bonds is 7. The summed E-state index contributed by atoms with van der Waals surface area (Å²) in [5, 5.41) is 0. The van der Waals surface area contributed by atoms with Gasteiger partial charge in [0, 0.05) is 5.70 Å². The lowest BCUT2D eigenvalue weighted by Gasteiger charge is -2.27. The van der Waals surface area contributed by atoms with Gasteiger partial charge in [0.25, 0.3) is 5.91 Å². The Morgan fingerprint density at radius 2 is 2.00 bits per heavy atom. The van der Waals surface area contributed by atoms with Crippen LogP contribution in [0.5, 0.6) is 5.75 Å². The molecular formula is C21H23NO5. The van der Waals surface area contributed by atoms with Gasteiger partial charge in [-0.3, -0.25) is 4.79 Å². The van der Waals surface area contributed by atoms with Gasteiger partial charge in [0.15, 0.2) is 6.61 Å². The fourth-order valence-electron chi connectivity index (χ4n) is 3.07. The normalized spacial score (nSPS) is 13.6. The number of carbonyl (C=O) groups is 2. The molecule has 0 atom stereocenters. The van der Waals surface area contributed by atoms with Crippen molar-refractivity contribution in [2.45, 2.75) is 32.2 Å². The van der Waals surface area contributed by atoms with Crippen molar-refractivity contribution in [1.82, 2.24) is 4.90 Å². The average molecular weight is 369 g/mol. The van der Waals surface area contributed by atoms with Gasteiger partial charge in [-0.1, -0.05) is 18.2 Å². The highest BCUT2D eigenvalue weighted by molar-refractivity contribution is 5.94. The first-order chi connectivity index (χ1) is 13.2. The van der Waals surface area contributed by atoms with E-state index in [1.54, 1.807) is 41.5 Å². The first kappa shape index (κ1) is 18.8. The van der Waals surface area contributed by atoms with Crippen LogP contribution < -0.4 is 4.74 Å². The number of carbonyl (C=O) groups excluding carboxylic acids is 2. The second-order valence-electron chi connectivity index (χ2n) is 6.28. The van der Waals surface area contributed by atoms with E-state index in [-0.39, 0.29) is 12.5 Å². The van der Waals surface area contributed by atoms with Crippen LogP contribution in [0, 0.1) is 0 Å². The van der Waals surface area contributed by atoms with Crippen LogP contribution in [0.4, 0.5) is 0 Å². The van der Waals surface area contributed by atoms with Gasteiger partial charge in [-0.15, -0.1) is 0 Å². The van der Waals surface area contributed by atoms with Crippen molar-refractivity contribution in [2.24, 2.45) is 0 Å². The Hall–Kier alpha value is -3.02. The average Bonchev–Trinajstić information content (AvgIpc) is 3.24. The zero-order valence-corrected chi connectivity index (χ0v) is 15.3. The molecule has 6 heteroatoms. The summed E-state index contributed by atoms with van der Waals surface area (Å²) in [4.78, 5) is 26.8. The molecule has 1 aromatic heterocycles. The molecule has 1 amide bonds. The summed E-state index contributed by atoms with van der Waals surface area (Å²) in [5.41, 5.74) is 1.25. The third-order valence-electron chi connectivity index (χ3n) is 4.46. The molecule has 0 fully saturated rings. The molecule has 0 saturated carbocycles. The van der Waals surface area contributed by atoms with Crippen LogP contribution in [-0.4, -0.2) is 30.5 Å². The number of nitrogens with zero attached hydrogens (tertiary/aromatic N) is 1. The first-order valence-electron chi connectivity index (χ1n) is 9.01. The zero-order valence-electron chi connectivity index (χ0n) is 15.3. The lowest BCUT2D eigenvalue weighted by molar-refractivity contribution is -0.133. The Morgan fingerprint density at radius 3 is 2.70 bits per heavy atom. The van der Waals surface area contributed by atoms with Gasteiger partial charge in [0.2, 0.25) is 0 Å². The van der Waals surface area contributed by atoms with Crippen LogP contribution in [0.25, 0.3) is 0 Å². The molecule has 0 N–H and O–H groups in total. The standard InChI is InChI=1S/C21H23NO5/c1-25-19-12-6-5-11-18(19)21(24)27-15-20(23)22(14-17-10-7-13-26-17)16-8-3-2-4-9-16/h5-8,10-13H,2-4,9,14-15H2,1H3. The minimum absolute atomic E-state index is 0.275. The maximum atomic E-state index is 12.8. The van der Waals surface area contributed by atoms with Crippen molar-refractivity contribution in [2.75, 3.05) is 13.7 Å². The largest absolute Gasteiger partial charge is 0.496 e. The highest BCUT2D eigenvalue weighted by Gasteiger charge is 2.23. The van der Waals surface area contributed by atoms with Crippen LogP contribution in [0.1, 0.15) is 41.8 Å². The van der Waals surface area contributed by atoms with E-state index in [0.717, 1.165) is 31.4 Å². The number of furan rings is 1. The molecule has 0 aliphatic heterocycles. The summed E-state index contributed by atoms with van der Waals surface area (Å²) in [6.45, 7) is -0.0151. The Morgan fingerprint density at radius 1 is 1.15 bits per heavy atom. The molecule has 2 aromatic rings. The number of benzene rings is 1. The van der Waals surface area contributed by atoms with Gasteiger partial charge in [0.05, 0.1) is 19.9 Å². The lowest BCUT2D eigenvalue weighted by Crippen LogP contribution is -2.34. The molecule has 1 aliphatic carbocycles. The smallest absolute Gasteiger partial charge is 0.342 e. The van der Waals surface area contributed by atoms with Crippen molar-refractivity contribution in [3.63, 3.8) is 0 Å². The Labute approximate surface area is 158 Å². The molecule has 3 rings (SSSR count). The molecule has 0 saturated heterocycles. The summed E-state index contributed by atoms with van der Waals surface area (Å²) >= 11 is 0. The number of ether oxygens (including phenoxy) is 2. The number of hydrogen-bond donors (Lipinski definition) is 0. The predicted octanol–water partition coefficient (Wildman–Crippen LogP) is 3.93. The Kier molecular flexibility index (Phi) is 6.30. The van der Waals surface area contributed by atoms with Gasteiger partial charge >= 0.3 is 5.97 Å².